The minimum Gasteiger partial charge on any atom is -0.319 e. The van der Waals surface area contributed by atoms with Gasteiger partial charge in [0.2, 0.25) is 0 Å². The first kappa shape index (κ1) is 12.2. The molecule has 2 aromatic rings. The molecule has 1 saturated carbocycles. The lowest BCUT2D eigenvalue weighted by Crippen LogP contribution is -2.22. The van der Waals surface area contributed by atoms with Crippen LogP contribution in [0.15, 0.2) is 24.3 Å². The average Bonchev–Trinajstić information content (AvgIpc) is 3.11. The minimum atomic E-state index is -0.351. The van der Waals surface area contributed by atoms with Gasteiger partial charge in [-0.3, -0.25) is 0 Å². The van der Waals surface area contributed by atoms with Crippen molar-refractivity contribution in [2.24, 2.45) is 5.73 Å². The summed E-state index contributed by atoms with van der Waals surface area (Å²) in [5.74, 6) is 0.497. The predicted octanol–water partition coefficient (Wildman–Crippen LogP) is 2.85. The lowest BCUT2D eigenvalue weighted by atomic mass is 10.1. The van der Waals surface area contributed by atoms with Crippen molar-refractivity contribution in [3.63, 3.8) is 0 Å². The van der Waals surface area contributed by atoms with Crippen LogP contribution >= 0.6 is 0 Å². The standard InChI is InChI=1S/C15H16FN3/c1-9-7-11(3-4-12(9)16)13-8-10(2)18-14(19-13)15(17)5-6-15/h3-4,7-8H,5-6,17H2,1-2H3. The third-order valence-electron chi connectivity index (χ3n) is 3.54. The van der Waals surface area contributed by atoms with E-state index in [1.807, 2.05) is 13.0 Å². The van der Waals surface area contributed by atoms with Crippen LogP contribution in [0.1, 0.15) is 29.9 Å². The molecule has 1 fully saturated rings. The Balaban J connectivity index is 2.09. The second-order valence-corrected chi connectivity index (χ2v) is 5.34. The van der Waals surface area contributed by atoms with Gasteiger partial charge in [0, 0.05) is 11.3 Å². The number of nitrogens with zero attached hydrogens (tertiary/aromatic N) is 2. The zero-order valence-electron chi connectivity index (χ0n) is 11.1. The summed E-state index contributed by atoms with van der Waals surface area (Å²) >= 11 is 0. The van der Waals surface area contributed by atoms with E-state index in [-0.39, 0.29) is 11.4 Å². The topological polar surface area (TPSA) is 51.8 Å². The molecule has 0 unspecified atom stereocenters. The van der Waals surface area contributed by atoms with Crippen LogP contribution < -0.4 is 5.73 Å². The molecule has 3 rings (SSSR count). The van der Waals surface area contributed by atoms with Crippen molar-refractivity contribution in [2.75, 3.05) is 0 Å². The van der Waals surface area contributed by atoms with Crippen molar-refractivity contribution in [3.8, 4) is 11.3 Å². The first-order valence-electron chi connectivity index (χ1n) is 6.39. The Labute approximate surface area is 111 Å². The Morgan fingerprint density at radius 3 is 2.53 bits per heavy atom. The van der Waals surface area contributed by atoms with Crippen molar-refractivity contribution in [1.82, 2.24) is 9.97 Å². The molecule has 0 aliphatic heterocycles. The number of aromatic nitrogens is 2. The Kier molecular flexibility index (Phi) is 2.64. The average molecular weight is 257 g/mol. The molecular weight excluding hydrogens is 241 g/mol. The van der Waals surface area contributed by atoms with Gasteiger partial charge >= 0.3 is 0 Å². The zero-order chi connectivity index (χ0) is 13.6. The minimum absolute atomic E-state index is 0.202. The van der Waals surface area contributed by atoms with E-state index in [4.69, 9.17) is 5.73 Å². The molecule has 1 aromatic carbocycles. The maximum absolute atomic E-state index is 13.3. The molecule has 0 bridgehead atoms. The summed E-state index contributed by atoms with van der Waals surface area (Å²) in [6.07, 6.45) is 1.86. The van der Waals surface area contributed by atoms with E-state index in [2.05, 4.69) is 9.97 Å². The molecule has 1 aliphatic carbocycles. The molecule has 19 heavy (non-hydrogen) atoms. The molecule has 0 saturated heterocycles. The van der Waals surface area contributed by atoms with E-state index in [1.54, 1.807) is 19.1 Å². The number of hydrogen-bond donors (Lipinski definition) is 1. The molecule has 0 radical (unpaired) electrons. The van der Waals surface area contributed by atoms with Crippen LogP contribution in [0.3, 0.4) is 0 Å². The van der Waals surface area contributed by atoms with Crippen molar-refractivity contribution in [3.05, 3.63) is 47.2 Å². The fraction of sp³-hybridized carbons (Fsp3) is 0.333. The summed E-state index contributed by atoms with van der Waals surface area (Å²) in [4.78, 5) is 8.97. The molecule has 4 heteroatoms. The number of hydrogen-bond acceptors (Lipinski definition) is 3. The van der Waals surface area contributed by atoms with Gasteiger partial charge in [-0.15, -0.1) is 0 Å². The van der Waals surface area contributed by atoms with Gasteiger partial charge in [0.1, 0.15) is 11.6 Å². The quantitative estimate of drug-likeness (QED) is 0.900. The molecule has 3 nitrogen and oxygen atoms in total. The molecule has 1 aliphatic rings. The summed E-state index contributed by atoms with van der Waals surface area (Å²) in [6.45, 7) is 3.68. The molecule has 98 valence electrons. The summed E-state index contributed by atoms with van der Waals surface area (Å²) in [6, 6.07) is 6.92. The van der Waals surface area contributed by atoms with Gasteiger partial charge < -0.3 is 5.73 Å². The lowest BCUT2D eigenvalue weighted by Gasteiger charge is -2.11. The fourth-order valence-electron chi connectivity index (χ4n) is 2.10. The van der Waals surface area contributed by atoms with E-state index in [1.165, 1.54) is 6.07 Å². The van der Waals surface area contributed by atoms with Crippen molar-refractivity contribution in [1.29, 1.82) is 0 Å². The molecular formula is C15H16FN3. The van der Waals surface area contributed by atoms with Crippen LogP contribution in [0.2, 0.25) is 0 Å². The second kappa shape index (κ2) is 4.10. The van der Waals surface area contributed by atoms with Gasteiger partial charge in [-0.1, -0.05) is 0 Å². The van der Waals surface area contributed by atoms with Gasteiger partial charge in [0.15, 0.2) is 0 Å². The van der Waals surface area contributed by atoms with Crippen molar-refractivity contribution in [2.45, 2.75) is 32.2 Å². The molecule has 1 aromatic heterocycles. The number of benzene rings is 1. The molecule has 0 atom stereocenters. The number of nitrogens with two attached hydrogens (primary N) is 1. The monoisotopic (exact) mass is 257 g/mol. The SMILES string of the molecule is Cc1cc(-c2ccc(F)c(C)c2)nc(C2(N)CC2)n1. The van der Waals surface area contributed by atoms with E-state index in [9.17, 15) is 4.39 Å². The van der Waals surface area contributed by atoms with Gasteiger partial charge in [-0.05, 0) is 56.5 Å². The predicted molar refractivity (Wildman–Crippen MR) is 72.0 cm³/mol. The lowest BCUT2D eigenvalue weighted by molar-refractivity contribution is 0.618. The van der Waals surface area contributed by atoms with E-state index in [0.29, 0.717) is 11.4 Å². The van der Waals surface area contributed by atoms with Crippen molar-refractivity contribution >= 4 is 0 Å². The van der Waals surface area contributed by atoms with E-state index >= 15 is 0 Å². The normalized spacial score (nSPS) is 16.4. The van der Waals surface area contributed by atoms with Gasteiger partial charge in [0.25, 0.3) is 0 Å². The Morgan fingerprint density at radius 2 is 1.89 bits per heavy atom. The fourth-order valence-corrected chi connectivity index (χ4v) is 2.10. The largest absolute Gasteiger partial charge is 0.319 e. The summed E-state index contributed by atoms with van der Waals surface area (Å²) < 4.78 is 13.3. The number of aryl methyl sites for hydroxylation is 2. The second-order valence-electron chi connectivity index (χ2n) is 5.34. The third-order valence-corrected chi connectivity index (χ3v) is 3.54. The molecule has 0 amide bonds. The first-order valence-corrected chi connectivity index (χ1v) is 6.39. The number of halogens is 1. The molecule has 2 N–H and O–H groups in total. The van der Waals surface area contributed by atoms with Gasteiger partial charge in [-0.2, -0.15) is 0 Å². The highest BCUT2D eigenvalue weighted by atomic mass is 19.1. The smallest absolute Gasteiger partial charge is 0.149 e. The molecule has 1 heterocycles. The third kappa shape index (κ3) is 2.24. The van der Waals surface area contributed by atoms with E-state index < -0.39 is 0 Å². The van der Waals surface area contributed by atoms with Crippen LogP contribution in [-0.4, -0.2) is 9.97 Å². The maximum atomic E-state index is 13.3. The summed E-state index contributed by atoms with van der Waals surface area (Å²) in [7, 11) is 0. The Morgan fingerprint density at radius 1 is 1.16 bits per heavy atom. The van der Waals surface area contributed by atoms with Crippen LogP contribution in [0.25, 0.3) is 11.3 Å². The number of rotatable bonds is 2. The van der Waals surface area contributed by atoms with Crippen LogP contribution in [-0.2, 0) is 5.54 Å². The van der Waals surface area contributed by atoms with Gasteiger partial charge in [-0.25, -0.2) is 14.4 Å². The van der Waals surface area contributed by atoms with Crippen LogP contribution in [0, 0.1) is 19.7 Å². The molecule has 0 spiro atoms. The zero-order valence-corrected chi connectivity index (χ0v) is 11.1. The van der Waals surface area contributed by atoms with E-state index in [0.717, 1.165) is 29.8 Å². The van der Waals surface area contributed by atoms with Gasteiger partial charge in [0.05, 0.1) is 11.2 Å². The summed E-state index contributed by atoms with van der Waals surface area (Å²) in [5, 5.41) is 0. The Bertz CT molecular complexity index is 648. The van der Waals surface area contributed by atoms with Crippen LogP contribution in [0.5, 0.6) is 0 Å². The highest BCUT2D eigenvalue weighted by molar-refractivity contribution is 5.60. The van der Waals surface area contributed by atoms with Crippen molar-refractivity contribution < 1.29 is 4.39 Å². The maximum Gasteiger partial charge on any atom is 0.149 e. The van der Waals surface area contributed by atoms with Crippen LogP contribution in [0.4, 0.5) is 4.39 Å². The Hall–Kier alpha value is -1.81. The summed E-state index contributed by atoms with van der Waals surface area (Å²) in [5.41, 5.74) is 9.01. The first-order chi connectivity index (χ1) is 8.98. The highest BCUT2D eigenvalue weighted by Crippen LogP contribution is 2.41. The highest BCUT2D eigenvalue weighted by Gasteiger charge is 2.43.